The highest BCUT2D eigenvalue weighted by Crippen LogP contribution is 2.35. The SMILES string of the molecule is O=S1CCN(C2CC2CO)CC1. The van der Waals surface area contributed by atoms with E-state index in [-0.39, 0.29) is 0 Å². The Balaban J connectivity index is 1.80. The number of aliphatic hydroxyl groups excluding tert-OH is 1. The second kappa shape index (κ2) is 3.44. The first-order chi connectivity index (χ1) is 5.81. The third kappa shape index (κ3) is 1.70. The van der Waals surface area contributed by atoms with Crippen molar-refractivity contribution in [3.63, 3.8) is 0 Å². The first-order valence-electron chi connectivity index (χ1n) is 4.51. The van der Waals surface area contributed by atoms with E-state index in [9.17, 15) is 4.21 Å². The van der Waals surface area contributed by atoms with E-state index in [0.29, 0.717) is 18.6 Å². The monoisotopic (exact) mass is 189 g/mol. The van der Waals surface area contributed by atoms with E-state index in [2.05, 4.69) is 4.90 Å². The van der Waals surface area contributed by atoms with Crippen LogP contribution in [0.3, 0.4) is 0 Å². The molecular weight excluding hydrogens is 174 g/mol. The molecule has 0 aromatic heterocycles. The predicted octanol–water partition coefficient (Wildman–Crippen LogP) is -0.568. The van der Waals surface area contributed by atoms with Crippen LogP contribution in [0.2, 0.25) is 0 Å². The molecule has 0 spiro atoms. The first kappa shape index (κ1) is 8.66. The largest absolute Gasteiger partial charge is 0.396 e. The summed E-state index contributed by atoms with van der Waals surface area (Å²) in [6.45, 7) is 2.26. The number of hydrogen-bond acceptors (Lipinski definition) is 3. The molecule has 0 aromatic carbocycles. The number of nitrogens with zero attached hydrogens (tertiary/aromatic N) is 1. The molecule has 2 atom stereocenters. The maximum Gasteiger partial charge on any atom is 0.0474 e. The Morgan fingerprint density at radius 1 is 1.42 bits per heavy atom. The van der Waals surface area contributed by atoms with Gasteiger partial charge in [0.1, 0.15) is 0 Å². The van der Waals surface area contributed by atoms with Gasteiger partial charge in [-0.05, 0) is 12.3 Å². The van der Waals surface area contributed by atoms with E-state index in [1.807, 2.05) is 0 Å². The second-order valence-electron chi connectivity index (χ2n) is 3.63. The highest BCUT2D eigenvalue weighted by molar-refractivity contribution is 7.85. The lowest BCUT2D eigenvalue weighted by atomic mass is 10.4. The molecule has 0 aromatic rings. The number of aliphatic hydroxyl groups is 1. The van der Waals surface area contributed by atoms with E-state index in [0.717, 1.165) is 31.0 Å². The minimum absolute atomic E-state index is 0.324. The third-order valence-corrected chi connectivity index (χ3v) is 4.08. The molecule has 1 heterocycles. The normalized spacial score (nSPS) is 38.4. The Morgan fingerprint density at radius 2 is 2.08 bits per heavy atom. The average Bonchev–Trinajstić information content (AvgIpc) is 2.85. The van der Waals surface area contributed by atoms with E-state index in [1.54, 1.807) is 0 Å². The molecule has 0 bridgehead atoms. The van der Waals surface area contributed by atoms with Gasteiger partial charge in [0.05, 0.1) is 0 Å². The Morgan fingerprint density at radius 3 is 2.58 bits per heavy atom. The van der Waals surface area contributed by atoms with E-state index < -0.39 is 10.8 Å². The fraction of sp³-hybridized carbons (Fsp3) is 1.00. The van der Waals surface area contributed by atoms with Gasteiger partial charge in [0.15, 0.2) is 0 Å². The summed E-state index contributed by atoms with van der Waals surface area (Å²) >= 11 is 0. The summed E-state index contributed by atoms with van der Waals surface area (Å²) in [5.41, 5.74) is 0. The third-order valence-electron chi connectivity index (χ3n) is 2.80. The van der Waals surface area contributed by atoms with Crippen LogP contribution in [0.25, 0.3) is 0 Å². The highest BCUT2D eigenvalue weighted by atomic mass is 32.2. The van der Waals surface area contributed by atoms with Crippen LogP contribution in [-0.2, 0) is 10.8 Å². The average molecular weight is 189 g/mol. The smallest absolute Gasteiger partial charge is 0.0474 e. The highest BCUT2D eigenvalue weighted by Gasteiger charge is 2.41. The molecule has 1 aliphatic carbocycles. The first-order valence-corrected chi connectivity index (χ1v) is 6.00. The van der Waals surface area contributed by atoms with Crippen LogP contribution in [0.15, 0.2) is 0 Å². The van der Waals surface area contributed by atoms with Gasteiger partial charge in [-0.1, -0.05) is 0 Å². The Labute approximate surface area is 75.2 Å². The lowest BCUT2D eigenvalue weighted by Gasteiger charge is -2.26. The van der Waals surface area contributed by atoms with Crippen LogP contribution < -0.4 is 0 Å². The maximum atomic E-state index is 11.0. The minimum atomic E-state index is -0.567. The minimum Gasteiger partial charge on any atom is -0.396 e. The lowest BCUT2D eigenvalue weighted by molar-refractivity contribution is 0.227. The molecule has 2 rings (SSSR count). The van der Waals surface area contributed by atoms with Gasteiger partial charge in [0.25, 0.3) is 0 Å². The molecule has 1 saturated heterocycles. The van der Waals surface area contributed by atoms with E-state index >= 15 is 0 Å². The zero-order valence-corrected chi connectivity index (χ0v) is 7.92. The van der Waals surface area contributed by atoms with Gasteiger partial charge >= 0.3 is 0 Å². The fourth-order valence-corrected chi connectivity index (χ4v) is 2.94. The number of rotatable bonds is 2. The van der Waals surface area contributed by atoms with Crippen LogP contribution in [0.5, 0.6) is 0 Å². The molecule has 2 unspecified atom stereocenters. The Hall–Kier alpha value is 0.0700. The molecular formula is C8H15NO2S. The van der Waals surface area contributed by atoms with Crippen molar-refractivity contribution in [2.75, 3.05) is 31.2 Å². The quantitative estimate of drug-likeness (QED) is 0.632. The second-order valence-corrected chi connectivity index (χ2v) is 5.33. The van der Waals surface area contributed by atoms with Crippen molar-refractivity contribution >= 4 is 10.8 Å². The van der Waals surface area contributed by atoms with Crippen LogP contribution in [-0.4, -0.2) is 51.5 Å². The van der Waals surface area contributed by atoms with Crippen molar-refractivity contribution in [1.29, 1.82) is 0 Å². The van der Waals surface area contributed by atoms with Gasteiger partial charge in [-0.25, -0.2) is 0 Å². The van der Waals surface area contributed by atoms with Crippen molar-refractivity contribution in [1.82, 2.24) is 4.90 Å². The van der Waals surface area contributed by atoms with Gasteiger partial charge < -0.3 is 5.11 Å². The lowest BCUT2D eigenvalue weighted by Crippen LogP contribution is -2.40. The summed E-state index contributed by atoms with van der Waals surface area (Å²) in [7, 11) is -0.567. The van der Waals surface area contributed by atoms with Crippen molar-refractivity contribution in [2.45, 2.75) is 12.5 Å². The van der Waals surface area contributed by atoms with Crippen LogP contribution in [0.4, 0.5) is 0 Å². The zero-order valence-electron chi connectivity index (χ0n) is 7.11. The summed E-state index contributed by atoms with van der Waals surface area (Å²) in [6, 6.07) is 0.604. The predicted molar refractivity (Wildman–Crippen MR) is 48.4 cm³/mol. The molecule has 1 N–H and O–H groups in total. The van der Waals surface area contributed by atoms with Gasteiger partial charge in [-0.2, -0.15) is 0 Å². The Kier molecular flexibility index (Phi) is 2.48. The van der Waals surface area contributed by atoms with E-state index in [1.165, 1.54) is 0 Å². The topological polar surface area (TPSA) is 40.5 Å². The van der Waals surface area contributed by atoms with Crippen molar-refractivity contribution in [2.24, 2.45) is 5.92 Å². The van der Waals surface area contributed by atoms with Gasteiger partial charge in [0, 0.05) is 48.0 Å². The van der Waals surface area contributed by atoms with Crippen molar-refractivity contribution < 1.29 is 9.32 Å². The van der Waals surface area contributed by atoms with Gasteiger partial charge in [-0.15, -0.1) is 0 Å². The zero-order chi connectivity index (χ0) is 8.55. The van der Waals surface area contributed by atoms with Gasteiger partial charge in [-0.3, -0.25) is 9.11 Å². The van der Waals surface area contributed by atoms with E-state index in [4.69, 9.17) is 5.11 Å². The van der Waals surface area contributed by atoms with Crippen LogP contribution in [0.1, 0.15) is 6.42 Å². The summed E-state index contributed by atoms with van der Waals surface area (Å²) in [5.74, 6) is 2.17. The summed E-state index contributed by atoms with van der Waals surface area (Å²) in [5, 5.41) is 8.87. The summed E-state index contributed by atoms with van der Waals surface area (Å²) in [6.07, 6.45) is 1.14. The fourth-order valence-electron chi connectivity index (χ4n) is 1.86. The molecule has 0 amide bonds. The molecule has 70 valence electrons. The van der Waals surface area contributed by atoms with Gasteiger partial charge in [0.2, 0.25) is 0 Å². The van der Waals surface area contributed by atoms with Crippen molar-refractivity contribution in [3.05, 3.63) is 0 Å². The molecule has 2 fully saturated rings. The standard InChI is InChI=1S/C8H15NO2S/c10-6-7-5-8(7)9-1-3-12(11)4-2-9/h7-8,10H,1-6H2. The van der Waals surface area contributed by atoms with Crippen LogP contribution in [0, 0.1) is 5.92 Å². The molecule has 3 nitrogen and oxygen atoms in total. The maximum absolute atomic E-state index is 11.0. The molecule has 2 aliphatic rings. The summed E-state index contributed by atoms with van der Waals surface area (Å²) < 4.78 is 11.0. The summed E-state index contributed by atoms with van der Waals surface area (Å²) in [4.78, 5) is 2.38. The van der Waals surface area contributed by atoms with Crippen LogP contribution >= 0.6 is 0 Å². The molecule has 0 radical (unpaired) electrons. The molecule has 12 heavy (non-hydrogen) atoms. The van der Waals surface area contributed by atoms with Crippen molar-refractivity contribution in [3.8, 4) is 0 Å². The molecule has 1 aliphatic heterocycles. The molecule has 1 saturated carbocycles. The number of hydrogen-bond donors (Lipinski definition) is 1. The Bertz CT molecular complexity index is 187. The molecule has 4 heteroatoms.